The van der Waals surface area contributed by atoms with Crippen LogP contribution >= 0.6 is 7.82 Å². The van der Waals surface area contributed by atoms with Crippen LogP contribution in [0.1, 0.15) is 0 Å². The van der Waals surface area contributed by atoms with Crippen molar-refractivity contribution in [1.29, 1.82) is 0 Å². The van der Waals surface area contributed by atoms with Crippen molar-refractivity contribution in [1.82, 2.24) is 25.2 Å². The minimum Gasteiger partial charge on any atom is -0.441 e. The van der Waals surface area contributed by atoms with E-state index in [2.05, 4.69) is 27.0 Å². The highest BCUT2D eigenvalue weighted by Gasteiger charge is 2.32. The molecule has 4 N–H and O–H groups in total. The number of benzene rings is 1. The minimum absolute atomic E-state index is 0.169. The Balaban J connectivity index is 0.000000555. The summed E-state index contributed by atoms with van der Waals surface area (Å²) in [5, 5.41) is 20.8. The predicted octanol–water partition coefficient (Wildman–Crippen LogP) is 1.03. The van der Waals surface area contributed by atoms with Crippen LogP contribution in [-0.2, 0) is 9.30 Å². The van der Waals surface area contributed by atoms with Gasteiger partial charge >= 0.3 is 13.9 Å². The number of amides is 1. The lowest BCUT2D eigenvalue weighted by Crippen LogP contribution is -2.25. The van der Waals surface area contributed by atoms with Crippen LogP contribution in [0.15, 0.2) is 43.1 Å². The van der Waals surface area contributed by atoms with Crippen molar-refractivity contribution < 1.29 is 38.3 Å². The largest absolute Gasteiger partial charge is 0.466 e. The lowest BCUT2D eigenvalue weighted by atomic mass is 10.1. The van der Waals surface area contributed by atoms with E-state index in [1.807, 2.05) is 0 Å². The summed E-state index contributed by atoms with van der Waals surface area (Å²) < 4.78 is 28.5. The third-order valence-electron chi connectivity index (χ3n) is 4.24. The zero-order valence-electron chi connectivity index (χ0n) is 16.8. The Bertz CT molecular complexity index is 1190. The van der Waals surface area contributed by atoms with Crippen molar-refractivity contribution >= 4 is 25.8 Å². The average molecular weight is 480 g/mol. The molecule has 15 heteroatoms. The zero-order valence-corrected chi connectivity index (χ0v) is 17.7. The molecule has 1 aliphatic rings. The number of cyclic esters (lactones) is 1. The first kappa shape index (κ1) is 24.1. The SMILES string of the molecule is C=Cn1nnc(-c2ccc(-c3ccc(N4C[C@@H](CO)OC4=O)cc3F)cn2)n1.O=P(O)(O)O. The number of carbonyl (C=O) groups is 1. The van der Waals surface area contributed by atoms with E-state index in [4.69, 9.17) is 29.1 Å². The van der Waals surface area contributed by atoms with E-state index in [0.717, 1.165) is 0 Å². The smallest absolute Gasteiger partial charge is 0.441 e. The maximum absolute atomic E-state index is 14.7. The number of pyridine rings is 1. The van der Waals surface area contributed by atoms with Gasteiger partial charge in [-0.3, -0.25) is 9.88 Å². The van der Waals surface area contributed by atoms with Crippen LogP contribution in [-0.4, -0.2) is 70.3 Å². The lowest BCUT2D eigenvalue weighted by Gasteiger charge is -2.14. The van der Waals surface area contributed by atoms with Crippen LogP contribution in [0, 0.1) is 5.82 Å². The van der Waals surface area contributed by atoms with Crippen LogP contribution in [0.2, 0.25) is 0 Å². The van der Waals surface area contributed by atoms with Gasteiger partial charge in [0.05, 0.1) is 18.8 Å². The van der Waals surface area contributed by atoms with Crippen molar-refractivity contribution in [3.05, 3.63) is 48.9 Å². The molecule has 1 saturated heterocycles. The van der Waals surface area contributed by atoms with Gasteiger partial charge in [0.25, 0.3) is 0 Å². The summed E-state index contributed by atoms with van der Waals surface area (Å²) in [4.78, 5) is 40.2. The molecule has 4 rings (SSSR count). The van der Waals surface area contributed by atoms with Gasteiger partial charge in [0.15, 0.2) is 0 Å². The highest BCUT2D eigenvalue weighted by molar-refractivity contribution is 7.45. The zero-order chi connectivity index (χ0) is 24.2. The third kappa shape index (κ3) is 6.25. The molecular formula is C18H18FN6O7P. The molecule has 2 aromatic heterocycles. The summed E-state index contributed by atoms with van der Waals surface area (Å²) in [7, 11) is -4.64. The van der Waals surface area contributed by atoms with Gasteiger partial charge in [0.2, 0.25) is 5.82 Å². The number of hydrogen-bond acceptors (Lipinski definition) is 8. The summed E-state index contributed by atoms with van der Waals surface area (Å²) in [6, 6.07) is 7.79. The number of hydrogen-bond donors (Lipinski definition) is 4. The second-order valence-electron chi connectivity index (χ2n) is 6.52. The first-order chi connectivity index (χ1) is 15.6. The number of nitrogens with zero attached hydrogens (tertiary/aromatic N) is 6. The second kappa shape index (κ2) is 9.94. The number of halogens is 1. The molecule has 0 aliphatic carbocycles. The van der Waals surface area contributed by atoms with Crippen LogP contribution in [0.5, 0.6) is 0 Å². The quantitative estimate of drug-likeness (QED) is 0.382. The molecule has 0 radical (unpaired) electrons. The van der Waals surface area contributed by atoms with Crippen molar-refractivity contribution in [2.24, 2.45) is 0 Å². The number of aliphatic hydroxyl groups excluding tert-OH is 1. The summed E-state index contributed by atoms with van der Waals surface area (Å²) in [6.45, 7) is 3.43. The molecule has 1 atom stereocenters. The van der Waals surface area contributed by atoms with Crippen molar-refractivity contribution in [2.45, 2.75) is 6.10 Å². The fourth-order valence-electron chi connectivity index (χ4n) is 2.82. The molecule has 3 heterocycles. The standard InChI is InChI=1S/C18H15FN6O3.H3O4P/c1-2-25-22-17(21-23-25)16-6-3-11(8-20-16)14-5-4-12(7-15(14)19)24-9-13(10-26)28-18(24)27;1-5(2,3)4/h2-8,13,26H,1,9-10H2;(H3,1,2,3,4)/t13-;/m0./s1. The Morgan fingerprint density at radius 3 is 2.52 bits per heavy atom. The second-order valence-corrected chi connectivity index (χ2v) is 7.55. The number of aromatic nitrogens is 5. The lowest BCUT2D eigenvalue weighted by molar-refractivity contribution is 0.0963. The van der Waals surface area contributed by atoms with E-state index in [1.54, 1.807) is 24.3 Å². The van der Waals surface area contributed by atoms with Crippen molar-refractivity contribution in [3.8, 4) is 22.6 Å². The van der Waals surface area contributed by atoms with Crippen molar-refractivity contribution in [2.75, 3.05) is 18.1 Å². The Labute approximate surface area is 185 Å². The molecule has 174 valence electrons. The van der Waals surface area contributed by atoms with E-state index in [9.17, 15) is 9.18 Å². The van der Waals surface area contributed by atoms with Gasteiger partial charge in [-0.2, -0.15) is 0 Å². The molecule has 0 unspecified atom stereocenters. The van der Waals surface area contributed by atoms with E-state index in [1.165, 1.54) is 28.2 Å². The maximum Gasteiger partial charge on any atom is 0.466 e. The summed E-state index contributed by atoms with van der Waals surface area (Å²) in [5.74, 6) is -0.184. The highest BCUT2D eigenvalue weighted by Crippen LogP contribution is 2.29. The molecule has 3 aromatic rings. The number of carbonyl (C=O) groups excluding carboxylic acids is 1. The number of phosphoric acid groups is 1. The molecule has 1 amide bonds. The van der Waals surface area contributed by atoms with Gasteiger partial charge < -0.3 is 24.5 Å². The van der Waals surface area contributed by atoms with Gasteiger partial charge in [-0.25, -0.2) is 13.8 Å². The number of anilines is 1. The fraction of sp³-hybridized carbons (Fsp3) is 0.167. The molecule has 1 fully saturated rings. The average Bonchev–Trinajstić information content (AvgIpc) is 3.39. The molecule has 0 bridgehead atoms. The maximum atomic E-state index is 14.7. The fourth-order valence-corrected chi connectivity index (χ4v) is 2.82. The Morgan fingerprint density at radius 1 is 1.27 bits per heavy atom. The van der Waals surface area contributed by atoms with E-state index < -0.39 is 25.8 Å². The molecule has 33 heavy (non-hydrogen) atoms. The van der Waals surface area contributed by atoms with Gasteiger partial charge in [-0.15, -0.1) is 15.0 Å². The van der Waals surface area contributed by atoms with E-state index in [0.29, 0.717) is 28.3 Å². The monoisotopic (exact) mass is 480 g/mol. The molecular weight excluding hydrogens is 462 g/mol. The minimum atomic E-state index is -4.64. The summed E-state index contributed by atoms with van der Waals surface area (Å²) >= 11 is 0. The summed E-state index contributed by atoms with van der Waals surface area (Å²) in [6.07, 6.45) is 1.69. The van der Waals surface area contributed by atoms with E-state index >= 15 is 0 Å². The Kier molecular flexibility index (Phi) is 7.26. The normalized spacial score (nSPS) is 15.6. The van der Waals surface area contributed by atoms with Crippen LogP contribution in [0.4, 0.5) is 14.9 Å². The summed E-state index contributed by atoms with van der Waals surface area (Å²) in [5.41, 5.74) is 1.73. The molecule has 13 nitrogen and oxygen atoms in total. The molecule has 1 aliphatic heterocycles. The van der Waals surface area contributed by atoms with E-state index in [-0.39, 0.29) is 13.2 Å². The van der Waals surface area contributed by atoms with Gasteiger partial charge in [0.1, 0.15) is 17.6 Å². The van der Waals surface area contributed by atoms with Crippen LogP contribution in [0.3, 0.4) is 0 Å². The molecule has 1 aromatic carbocycles. The van der Waals surface area contributed by atoms with Crippen LogP contribution < -0.4 is 4.90 Å². The first-order valence-electron chi connectivity index (χ1n) is 9.14. The van der Waals surface area contributed by atoms with Gasteiger partial charge in [-0.05, 0) is 29.5 Å². The van der Waals surface area contributed by atoms with Gasteiger partial charge in [0, 0.05) is 23.5 Å². The number of aliphatic hydroxyl groups is 1. The Hall–Kier alpha value is -3.55. The number of rotatable bonds is 5. The molecule has 0 spiro atoms. The Morgan fingerprint density at radius 2 is 2.00 bits per heavy atom. The van der Waals surface area contributed by atoms with Gasteiger partial charge in [-0.1, -0.05) is 12.6 Å². The topological polar surface area (TPSA) is 184 Å². The van der Waals surface area contributed by atoms with Crippen LogP contribution in [0.25, 0.3) is 28.8 Å². The third-order valence-corrected chi connectivity index (χ3v) is 4.24. The van der Waals surface area contributed by atoms with Crippen molar-refractivity contribution in [3.63, 3.8) is 0 Å². The first-order valence-corrected chi connectivity index (χ1v) is 10.7. The number of tetrazole rings is 1. The predicted molar refractivity (Wildman–Crippen MR) is 112 cm³/mol. The number of ether oxygens (including phenoxy) is 1. The molecule has 0 saturated carbocycles. The highest BCUT2D eigenvalue weighted by atomic mass is 31.2.